The topological polar surface area (TPSA) is 83.6 Å². The number of nitro benzene ring substituents is 1. The number of phenolic OH excluding ortho intramolecular Hbond substituents is 2. The van der Waals surface area contributed by atoms with Gasteiger partial charge < -0.3 is 10.2 Å². The molecular weight excluding hydrogens is 254 g/mol. The predicted molar refractivity (Wildman–Crippen MR) is 67.0 cm³/mol. The maximum Gasteiger partial charge on any atom is 0.311 e. The van der Waals surface area contributed by atoms with Crippen molar-refractivity contribution in [2.75, 3.05) is 0 Å². The zero-order chi connectivity index (χ0) is 13.1. The van der Waals surface area contributed by atoms with Gasteiger partial charge in [0.15, 0.2) is 5.75 Å². The average molecular weight is 263 g/mol. The van der Waals surface area contributed by atoms with Crippen LogP contribution in [0.2, 0.25) is 0 Å². The Kier molecular flexibility index (Phi) is 3.38. The molecule has 0 aliphatic heterocycles. The summed E-state index contributed by atoms with van der Waals surface area (Å²) < 4.78 is 0. The molecule has 0 aromatic heterocycles. The molecule has 2 aromatic carbocycles. The van der Waals surface area contributed by atoms with E-state index >= 15 is 0 Å². The maximum atomic E-state index is 10.7. The largest absolute Gasteiger partial charge is 0.508 e. The Bertz CT molecular complexity index is 583. The molecule has 2 aromatic rings. The first-order valence-corrected chi connectivity index (χ1v) is 5.82. The monoisotopic (exact) mass is 263 g/mol. The number of phenols is 2. The third kappa shape index (κ3) is 2.72. The van der Waals surface area contributed by atoms with Crippen LogP contribution < -0.4 is 0 Å². The summed E-state index contributed by atoms with van der Waals surface area (Å²) in [6, 6.07) is 10.7. The highest BCUT2D eigenvalue weighted by molar-refractivity contribution is 7.99. The van der Waals surface area contributed by atoms with Gasteiger partial charge in [0.25, 0.3) is 0 Å². The van der Waals surface area contributed by atoms with Gasteiger partial charge in [0.2, 0.25) is 0 Å². The molecular formula is C12H9NO4S. The SMILES string of the molecule is O=[N+]([O-])c1cc(Sc2ccc(O)cc2)ccc1O. The zero-order valence-corrected chi connectivity index (χ0v) is 9.92. The van der Waals surface area contributed by atoms with Gasteiger partial charge in [-0.25, -0.2) is 0 Å². The van der Waals surface area contributed by atoms with Gasteiger partial charge in [-0.2, -0.15) is 0 Å². The highest BCUT2D eigenvalue weighted by atomic mass is 32.2. The Labute approximate surface area is 107 Å². The summed E-state index contributed by atoms with van der Waals surface area (Å²) in [5.41, 5.74) is -0.321. The van der Waals surface area contributed by atoms with Crippen LogP contribution in [0.15, 0.2) is 52.3 Å². The number of hydrogen-bond acceptors (Lipinski definition) is 5. The zero-order valence-electron chi connectivity index (χ0n) is 9.11. The van der Waals surface area contributed by atoms with Crippen LogP contribution in [0.3, 0.4) is 0 Å². The number of hydrogen-bond donors (Lipinski definition) is 2. The van der Waals surface area contributed by atoms with Crippen LogP contribution in [-0.4, -0.2) is 15.1 Å². The Balaban J connectivity index is 2.27. The number of benzene rings is 2. The molecule has 0 heterocycles. The molecule has 0 radical (unpaired) electrons. The molecule has 0 saturated heterocycles. The van der Waals surface area contributed by atoms with Gasteiger partial charge in [-0.3, -0.25) is 10.1 Å². The molecule has 92 valence electrons. The van der Waals surface area contributed by atoms with Crippen LogP contribution in [0.1, 0.15) is 0 Å². The quantitative estimate of drug-likeness (QED) is 0.656. The van der Waals surface area contributed by atoms with E-state index in [1.165, 1.54) is 36.0 Å². The summed E-state index contributed by atoms with van der Waals surface area (Å²) in [7, 11) is 0. The van der Waals surface area contributed by atoms with Crippen molar-refractivity contribution in [3.63, 3.8) is 0 Å². The lowest BCUT2D eigenvalue weighted by atomic mass is 10.3. The molecule has 0 fully saturated rings. The number of aromatic hydroxyl groups is 2. The van der Waals surface area contributed by atoms with Crippen molar-refractivity contribution in [3.8, 4) is 11.5 Å². The molecule has 0 aliphatic carbocycles. The van der Waals surface area contributed by atoms with Gasteiger partial charge in [0.1, 0.15) is 5.75 Å². The summed E-state index contributed by atoms with van der Waals surface area (Å²) in [6.07, 6.45) is 0. The van der Waals surface area contributed by atoms with Crippen LogP contribution >= 0.6 is 11.8 Å². The first-order valence-electron chi connectivity index (χ1n) is 5.00. The Morgan fingerprint density at radius 2 is 1.61 bits per heavy atom. The summed E-state index contributed by atoms with van der Waals surface area (Å²) in [4.78, 5) is 11.5. The summed E-state index contributed by atoms with van der Waals surface area (Å²) in [6.45, 7) is 0. The van der Waals surface area contributed by atoms with E-state index in [1.54, 1.807) is 18.2 Å². The van der Waals surface area contributed by atoms with Crippen molar-refractivity contribution in [2.45, 2.75) is 9.79 Å². The molecule has 5 nitrogen and oxygen atoms in total. The second kappa shape index (κ2) is 4.97. The van der Waals surface area contributed by atoms with E-state index in [1.807, 2.05) is 0 Å². The molecule has 0 saturated carbocycles. The van der Waals surface area contributed by atoms with Crippen molar-refractivity contribution in [3.05, 3.63) is 52.6 Å². The third-order valence-electron chi connectivity index (χ3n) is 2.22. The summed E-state index contributed by atoms with van der Waals surface area (Å²) >= 11 is 1.31. The van der Waals surface area contributed by atoms with Crippen molar-refractivity contribution in [1.82, 2.24) is 0 Å². The standard InChI is InChI=1S/C12H9NO4S/c14-8-1-3-9(4-2-8)18-10-5-6-12(15)11(7-10)13(16)17/h1-7,14-15H. The molecule has 0 bridgehead atoms. The van der Waals surface area contributed by atoms with E-state index < -0.39 is 4.92 Å². The van der Waals surface area contributed by atoms with E-state index in [0.29, 0.717) is 4.90 Å². The van der Waals surface area contributed by atoms with Gasteiger partial charge in [0.05, 0.1) is 4.92 Å². The number of rotatable bonds is 3. The van der Waals surface area contributed by atoms with Crippen LogP contribution in [-0.2, 0) is 0 Å². The lowest BCUT2D eigenvalue weighted by Gasteiger charge is -2.03. The van der Waals surface area contributed by atoms with Crippen molar-refractivity contribution >= 4 is 17.4 Å². The predicted octanol–water partition coefficient (Wildman–Crippen LogP) is 3.16. The van der Waals surface area contributed by atoms with Crippen molar-refractivity contribution < 1.29 is 15.1 Å². The Morgan fingerprint density at radius 1 is 1.00 bits per heavy atom. The van der Waals surface area contributed by atoms with E-state index in [2.05, 4.69) is 0 Å². The van der Waals surface area contributed by atoms with Gasteiger partial charge >= 0.3 is 5.69 Å². The highest BCUT2D eigenvalue weighted by Crippen LogP contribution is 2.34. The van der Waals surface area contributed by atoms with Crippen LogP contribution in [0, 0.1) is 10.1 Å². The summed E-state index contributed by atoms with van der Waals surface area (Å²) in [5.74, 6) is -0.189. The first kappa shape index (κ1) is 12.3. The summed E-state index contributed by atoms with van der Waals surface area (Å²) in [5, 5.41) is 29.1. The van der Waals surface area contributed by atoms with Gasteiger partial charge in [-0.15, -0.1) is 0 Å². The maximum absolute atomic E-state index is 10.7. The van der Waals surface area contributed by atoms with E-state index in [4.69, 9.17) is 5.11 Å². The van der Waals surface area contributed by atoms with E-state index in [-0.39, 0.29) is 17.2 Å². The molecule has 6 heteroatoms. The van der Waals surface area contributed by atoms with Crippen LogP contribution in [0.5, 0.6) is 11.5 Å². The highest BCUT2D eigenvalue weighted by Gasteiger charge is 2.13. The molecule has 2 rings (SSSR count). The van der Waals surface area contributed by atoms with Crippen molar-refractivity contribution in [1.29, 1.82) is 0 Å². The second-order valence-electron chi connectivity index (χ2n) is 3.50. The minimum atomic E-state index is -0.629. The van der Waals surface area contributed by atoms with E-state index in [0.717, 1.165) is 4.90 Å². The van der Waals surface area contributed by atoms with Gasteiger partial charge in [-0.05, 0) is 36.4 Å². The fourth-order valence-corrected chi connectivity index (χ4v) is 2.21. The minimum absolute atomic E-state index is 0.163. The van der Waals surface area contributed by atoms with E-state index in [9.17, 15) is 15.2 Å². The Morgan fingerprint density at radius 3 is 2.22 bits per heavy atom. The molecule has 0 amide bonds. The third-order valence-corrected chi connectivity index (χ3v) is 3.21. The fraction of sp³-hybridized carbons (Fsp3) is 0. The normalized spacial score (nSPS) is 10.2. The molecule has 18 heavy (non-hydrogen) atoms. The fourth-order valence-electron chi connectivity index (χ4n) is 1.36. The lowest BCUT2D eigenvalue weighted by molar-refractivity contribution is -0.386. The Hall–Kier alpha value is -2.21. The van der Waals surface area contributed by atoms with Crippen molar-refractivity contribution in [2.24, 2.45) is 0 Å². The molecule has 0 atom stereocenters. The molecule has 0 spiro atoms. The average Bonchev–Trinajstić information content (AvgIpc) is 2.34. The van der Waals surface area contributed by atoms with Gasteiger partial charge in [-0.1, -0.05) is 11.8 Å². The second-order valence-corrected chi connectivity index (χ2v) is 4.65. The smallest absolute Gasteiger partial charge is 0.311 e. The lowest BCUT2D eigenvalue weighted by Crippen LogP contribution is -1.88. The first-order chi connectivity index (χ1) is 8.56. The van der Waals surface area contributed by atoms with Gasteiger partial charge in [0, 0.05) is 15.9 Å². The molecule has 0 unspecified atom stereocenters. The van der Waals surface area contributed by atoms with Crippen LogP contribution in [0.4, 0.5) is 5.69 Å². The van der Waals surface area contributed by atoms with Crippen LogP contribution in [0.25, 0.3) is 0 Å². The number of nitro groups is 1. The molecule has 2 N–H and O–H groups in total. The minimum Gasteiger partial charge on any atom is -0.508 e. The molecule has 0 aliphatic rings. The number of nitrogens with zero attached hydrogens (tertiary/aromatic N) is 1.